The Bertz CT molecular complexity index is 325. The van der Waals surface area contributed by atoms with Crippen LogP contribution in [0.5, 0.6) is 5.75 Å². The van der Waals surface area contributed by atoms with Crippen molar-refractivity contribution in [2.45, 2.75) is 19.4 Å². The minimum absolute atomic E-state index is 0.0213. The Labute approximate surface area is 87.3 Å². The van der Waals surface area contributed by atoms with Crippen molar-refractivity contribution < 1.29 is 14.6 Å². The first-order chi connectivity index (χ1) is 6.58. The number of halogens is 1. The molecule has 76 valence electrons. The second-order valence-corrected chi connectivity index (χ2v) is 3.42. The first-order valence-corrected chi connectivity index (χ1v) is 4.60. The van der Waals surface area contributed by atoms with Crippen LogP contribution in [0.2, 0.25) is 5.02 Å². The fourth-order valence-electron chi connectivity index (χ4n) is 1.06. The zero-order valence-corrected chi connectivity index (χ0v) is 8.49. The summed E-state index contributed by atoms with van der Waals surface area (Å²) < 4.78 is 5.34. The van der Waals surface area contributed by atoms with Gasteiger partial charge in [-0.25, -0.2) is 0 Å². The first-order valence-electron chi connectivity index (χ1n) is 4.22. The van der Waals surface area contributed by atoms with Crippen molar-refractivity contribution in [2.24, 2.45) is 0 Å². The summed E-state index contributed by atoms with van der Waals surface area (Å²) in [5, 5.41) is 9.08. The molecule has 0 bridgehead atoms. The van der Waals surface area contributed by atoms with Crippen LogP contribution in [-0.2, 0) is 4.79 Å². The van der Waals surface area contributed by atoms with Crippen LogP contribution < -0.4 is 4.74 Å². The molecule has 0 aliphatic heterocycles. The third-order valence-electron chi connectivity index (χ3n) is 1.60. The minimum atomic E-state index is -0.875. The van der Waals surface area contributed by atoms with Crippen LogP contribution in [0.4, 0.5) is 0 Å². The van der Waals surface area contributed by atoms with Gasteiger partial charge in [0.2, 0.25) is 0 Å². The molecule has 0 heterocycles. The third kappa shape index (κ3) is 3.66. The van der Waals surface area contributed by atoms with Crippen LogP contribution in [0.1, 0.15) is 13.3 Å². The standard InChI is InChI=1S/C10H11ClO3/c1-7(5-10(12)13)14-9-4-2-3-8(11)6-9/h2-4,6-7H,5H2,1H3,(H,12,13)/t7-/m0/s1. The highest BCUT2D eigenvalue weighted by Gasteiger charge is 2.08. The molecule has 14 heavy (non-hydrogen) atoms. The van der Waals surface area contributed by atoms with Gasteiger partial charge in [0.25, 0.3) is 0 Å². The molecule has 0 radical (unpaired) electrons. The fourth-order valence-corrected chi connectivity index (χ4v) is 1.24. The maximum Gasteiger partial charge on any atom is 0.307 e. The number of hydrogen-bond donors (Lipinski definition) is 1. The third-order valence-corrected chi connectivity index (χ3v) is 1.83. The van der Waals surface area contributed by atoms with Crippen molar-refractivity contribution in [1.29, 1.82) is 0 Å². The lowest BCUT2D eigenvalue weighted by molar-refractivity contribution is -0.138. The van der Waals surface area contributed by atoms with Gasteiger partial charge in [0, 0.05) is 5.02 Å². The molecule has 4 heteroatoms. The SMILES string of the molecule is C[C@@H](CC(=O)O)Oc1cccc(Cl)c1. The maximum atomic E-state index is 10.4. The molecule has 1 aromatic carbocycles. The number of carbonyl (C=O) groups is 1. The van der Waals surface area contributed by atoms with Gasteiger partial charge in [0.15, 0.2) is 0 Å². The highest BCUT2D eigenvalue weighted by molar-refractivity contribution is 6.30. The van der Waals surface area contributed by atoms with Gasteiger partial charge in [-0.15, -0.1) is 0 Å². The molecule has 0 spiro atoms. The zero-order chi connectivity index (χ0) is 10.6. The van der Waals surface area contributed by atoms with Gasteiger partial charge in [0.1, 0.15) is 11.9 Å². The van der Waals surface area contributed by atoms with E-state index in [0.29, 0.717) is 10.8 Å². The summed E-state index contributed by atoms with van der Waals surface area (Å²) in [6.45, 7) is 1.70. The molecule has 1 N–H and O–H groups in total. The largest absolute Gasteiger partial charge is 0.490 e. The normalized spacial score (nSPS) is 12.1. The Morgan fingerprint density at radius 3 is 2.93 bits per heavy atom. The van der Waals surface area contributed by atoms with Gasteiger partial charge in [-0.05, 0) is 25.1 Å². The van der Waals surface area contributed by atoms with E-state index < -0.39 is 5.97 Å². The average molecular weight is 215 g/mol. The Morgan fingerprint density at radius 1 is 1.64 bits per heavy atom. The second-order valence-electron chi connectivity index (χ2n) is 2.98. The predicted molar refractivity (Wildman–Crippen MR) is 53.8 cm³/mol. The van der Waals surface area contributed by atoms with Crippen molar-refractivity contribution in [3.63, 3.8) is 0 Å². The average Bonchev–Trinajstić information content (AvgIpc) is 2.01. The molecule has 0 aliphatic rings. The number of rotatable bonds is 4. The minimum Gasteiger partial charge on any atom is -0.490 e. The molecule has 1 aromatic rings. The lowest BCUT2D eigenvalue weighted by Crippen LogP contribution is -2.16. The molecule has 0 fully saturated rings. The summed E-state index contributed by atoms with van der Waals surface area (Å²) in [5.41, 5.74) is 0. The Balaban J connectivity index is 2.55. The second kappa shape index (κ2) is 4.86. The van der Waals surface area contributed by atoms with E-state index in [-0.39, 0.29) is 12.5 Å². The summed E-state index contributed by atoms with van der Waals surface area (Å²) in [5.74, 6) is -0.286. The van der Waals surface area contributed by atoms with E-state index in [1.54, 1.807) is 31.2 Å². The van der Waals surface area contributed by atoms with E-state index in [1.807, 2.05) is 0 Å². The quantitative estimate of drug-likeness (QED) is 0.838. The van der Waals surface area contributed by atoms with E-state index >= 15 is 0 Å². The Kier molecular flexibility index (Phi) is 3.77. The van der Waals surface area contributed by atoms with Crippen LogP contribution in [-0.4, -0.2) is 17.2 Å². The molecule has 0 amide bonds. The maximum absolute atomic E-state index is 10.4. The van der Waals surface area contributed by atoms with Gasteiger partial charge >= 0.3 is 5.97 Å². The van der Waals surface area contributed by atoms with Gasteiger partial charge < -0.3 is 9.84 Å². The van der Waals surface area contributed by atoms with Crippen molar-refractivity contribution in [1.82, 2.24) is 0 Å². The molecule has 1 atom stereocenters. The smallest absolute Gasteiger partial charge is 0.307 e. The summed E-state index contributed by atoms with van der Waals surface area (Å²) >= 11 is 5.74. The summed E-state index contributed by atoms with van der Waals surface area (Å²) in [6, 6.07) is 6.88. The highest BCUT2D eigenvalue weighted by atomic mass is 35.5. The van der Waals surface area contributed by atoms with E-state index in [9.17, 15) is 4.79 Å². The van der Waals surface area contributed by atoms with Gasteiger partial charge in [-0.1, -0.05) is 17.7 Å². The topological polar surface area (TPSA) is 46.5 Å². The number of carboxylic acids is 1. The Hall–Kier alpha value is -1.22. The van der Waals surface area contributed by atoms with Gasteiger partial charge in [0.05, 0.1) is 6.42 Å². The molecule has 0 aliphatic carbocycles. The van der Waals surface area contributed by atoms with Crippen molar-refractivity contribution in [2.75, 3.05) is 0 Å². The van der Waals surface area contributed by atoms with E-state index in [4.69, 9.17) is 21.4 Å². The molecular weight excluding hydrogens is 204 g/mol. The highest BCUT2D eigenvalue weighted by Crippen LogP contribution is 2.18. The zero-order valence-electron chi connectivity index (χ0n) is 7.74. The number of ether oxygens (including phenoxy) is 1. The van der Waals surface area contributed by atoms with Crippen LogP contribution in [0.25, 0.3) is 0 Å². The molecule has 3 nitrogen and oxygen atoms in total. The van der Waals surface area contributed by atoms with E-state index in [2.05, 4.69) is 0 Å². The first kappa shape index (κ1) is 10.9. The molecule has 1 rings (SSSR count). The summed E-state index contributed by atoms with van der Waals surface area (Å²) in [6.07, 6.45) is -0.377. The molecular formula is C10H11ClO3. The van der Waals surface area contributed by atoms with Gasteiger partial charge in [-0.3, -0.25) is 4.79 Å². The molecule has 0 aromatic heterocycles. The van der Waals surface area contributed by atoms with E-state index in [1.165, 1.54) is 0 Å². The van der Waals surface area contributed by atoms with Crippen molar-refractivity contribution >= 4 is 17.6 Å². The van der Waals surface area contributed by atoms with E-state index in [0.717, 1.165) is 0 Å². The number of carboxylic acid groups (broad SMARTS) is 1. The fraction of sp³-hybridized carbons (Fsp3) is 0.300. The Morgan fingerprint density at radius 2 is 2.36 bits per heavy atom. The number of aliphatic carboxylic acids is 1. The van der Waals surface area contributed by atoms with Crippen LogP contribution in [0.3, 0.4) is 0 Å². The molecule has 0 unspecified atom stereocenters. The monoisotopic (exact) mass is 214 g/mol. The number of hydrogen-bond acceptors (Lipinski definition) is 2. The van der Waals surface area contributed by atoms with Crippen LogP contribution >= 0.6 is 11.6 Å². The van der Waals surface area contributed by atoms with Gasteiger partial charge in [-0.2, -0.15) is 0 Å². The number of benzene rings is 1. The lowest BCUT2D eigenvalue weighted by atomic mass is 10.3. The van der Waals surface area contributed by atoms with Crippen LogP contribution in [0.15, 0.2) is 24.3 Å². The van der Waals surface area contributed by atoms with Crippen molar-refractivity contribution in [3.8, 4) is 5.75 Å². The summed E-state index contributed by atoms with van der Waals surface area (Å²) in [7, 11) is 0. The van der Waals surface area contributed by atoms with Crippen LogP contribution in [0, 0.1) is 0 Å². The summed E-state index contributed by atoms with van der Waals surface area (Å²) in [4.78, 5) is 10.4. The molecule has 0 saturated heterocycles. The lowest BCUT2D eigenvalue weighted by Gasteiger charge is -2.12. The van der Waals surface area contributed by atoms with Crippen molar-refractivity contribution in [3.05, 3.63) is 29.3 Å². The predicted octanol–water partition coefficient (Wildman–Crippen LogP) is 2.58. The molecule has 0 saturated carbocycles.